The fraction of sp³-hybridized carbons (Fsp3) is 0.750. The topological polar surface area (TPSA) is 115 Å². The van der Waals surface area contributed by atoms with E-state index in [1.54, 1.807) is 0 Å². The van der Waals surface area contributed by atoms with Crippen LogP contribution in [0.5, 0.6) is 0 Å². The van der Waals surface area contributed by atoms with E-state index in [1.807, 2.05) is 0 Å². The molecule has 0 fully saturated rings. The number of carboxylic acids is 2. The van der Waals surface area contributed by atoms with E-state index >= 15 is 0 Å². The molecule has 0 unspecified atom stereocenters. The van der Waals surface area contributed by atoms with Crippen molar-refractivity contribution >= 4 is 23.8 Å². The summed E-state index contributed by atoms with van der Waals surface area (Å²) in [5.41, 5.74) is 0. The standard InChI is InChI=1S/C16H28N2O6/c1-17(11-15(21)22)13(19)9-7-5-3-4-6-8-10-14(20)18(2)12-16(23)24/h3-12H2,1-2H3,(H,21,22)(H,23,24). The summed E-state index contributed by atoms with van der Waals surface area (Å²) in [6, 6.07) is 0. The number of aliphatic carboxylic acids is 2. The van der Waals surface area contributed by atoms with Gasteiger partial charge in [-0.15, -0.1) is 0 Å². The third kappa shape index (κ3) is 11.4. The number of hydrogen-bond donors (Lipinski definition) is 2. The average Bonchev–Trinajstić information content (AvgIpc) is 2.47. The van der Waals surface area contributed by atoms with Crippen LogP contribution in [0.25, 0.3) is 0 Å². The highest BCUT2D eigenvalue weighted by Gasteiger charge is 2.12. The summed E-state index contributed by atoms with van der Waals surface area (Å²) in [6.07, 6.45) is 5.83. The Labute approximate surface area is 142 Å². The zero-order valence-electron chi connectivity index (χ0n) is 14.5. The van der Waals surface area contributed by atoms with E-state index in [0.29, 0.717) is 12.8 Å². The van der Waals surface area contributed by atoms with Crippen molar-refractivity contribution in [2.45, 2.75) is 51.4 Å². The molecule has 0 saturated heterocycles. The summed E-state index contributed by atoms with van der Waals surface area (Å²) in [5, 5.41) is 17.2. The predicted octanol–water partition coefficient (Wildman–Crippen LogP) is 1.19. The highest BCUT2D eigenvalue weighted by atomic mass is 16.4. The highest BCUT2D eigenvalue weighted by Crippen LogP contribution is 2.10. The van der Waals surface area contributed by atoms with Crippen molar-refractivity contribution in [1.29, 1.82) is 0 Å². The molecule has 138 valence electrons. The van der Waals surface area contributed by atoms with E-state index < -0.39 is 11.9 Å². The van der Waals surface area contributed by atoms with Crippen LogP contribution >= 0.6 is 0 Å². The van der Waals surface area contributed by atoms with E-state index in [2.05, 4.69) is 0 Å². The first-order valence-electron chi connectivity index (χ1n) is 8.15. The summed E-state index contributed by atoms with van der Waals surface area (Å²) in [4.78, 5) is 46.6. The quantitative estimate of drug-likeness (QED) is 0.485. The van der Waals surface area contributed by atoms with Gasteiger partial charge in [0.1, 0.15) is 13.1 Å². The zero-order valence-corrected chi connectivity index (χ0v) is 14.5. The lowest BCUT2D eigenvalue weighted by Gasteiger charge is -2.14. The monoisotopic (exact) mass is 344 g/mol. The molecule has 2 amide bonds. The van der Waals surface area contributed by atoms with Crippen LogP contribution in [0.3, 0.4) is 0 Å². The molecular weight excluding hydrogens is 316 g/mol. The van der Waals surface area contributed by atoms with Gasteiger partial charge in [-0.25, -0.2) is 0 Å². The normalized spacial score (nSPS) is 10.2. The molecule has 0 aliphatic rings. The number of carboxylic acid groups (broad SMARTS) is 2. The predicted molar refractivity (Wildman–Crippen MR) is 87.5 cm³/mol. The minimum Gasteiger partial charge on any atom is -0.480 e. The summed E-state index contributed by atoms with van der Waals surface area (Å²) < 4.78 is 0. The van der Waals surface area contributed by atoms with Crippen molar-refractivity contribution in [1.82, 2.24) is 9.80 Å². The summed E-state index contributed by atoms with van der Waals surface area (Å²) in [5.74, 6) is -2.36. The Morgan fingerprint density at radius 3 is 1.21 bits per heavy atom. The maximum absolute atomic E-state index is 11.6. The first-order valence-corrected chi connectivity index (χ1v) is 8.15. The van der Waals surface area contributed by atoms with Gasteiger partial charge in [-0.1, -0.05) is 25.7 Å². The number of nitrogens with zero attached hydrogens (tertiary/aromatic N) is 2. The Kier molecular flexibility index (Phi) is 11.2. The molecule has 0 saturated carbocycles. The van der Waals surface area contributed by atoms with Crippen LogP contribution in [-0.4, -0.2) is 71.0 Å². The minimum absolute atomic E-state index is 0.163. The van der Waals surface area contributed by atoms with Gasteiger partial charge >= 0.3 is 11.9 Å². The second-order valence-electron chi connectivity index (χ2n) is 5.91. The lowest BCUT2D eigenvalue weighted by atomic mass is 10.1. The molecule has 0 bridgehead atoms. The van der Waals surface area contributed by atoms with Crippen molar-refractivity contribution < 1.29 is 29.4 Å². The molecule has 0 aromatic rings. The number of carbonyl (C=O) groups is 4. The lowest BCUT2D eigenvalue weighted by molar-refractivity contribution is -0.143. The second kappa shape index (κ2) is 12.3. The molecule has 0 heterocycles. The molecule has 24 heavy (non-hydrogen) atoms. The Bertz CT molecular complexity index is 398. The Morgan fingerprint density at radius 1 is 0.625 bits per heavy atom. The highest BCUT2D eigenvalue weighted by molar-refractivity contribution is 5.81. The SMILES string of the molecule is CN(CC(=O)O)C(=O)CCCCCCCCC(=O)N(C)CC(=O)O. The van der Waals surface area contributed by atoms with Gasteiger partial charge in [-0.2, -0.15) is 0 Å². The van der Waals surface area contributed by atoms with Crippen molar-refractivity contribution in [2.24, 2.45) is 0 Å². The van der Waals surface area contributed by atoms with Crippen LogP contribution in [0.1, 0.15) is 51.4 Å². The molecule has 0 aliphatic heterocycles. The van der Waals surface area contributed by atoms with Crippen molar-refractivity contribution in [3.05, 3.63) is 0 Å². The van der Waals surface area contributed by atoms with Crippen molar-refractivity contribution in [2.75, 3.05) is 27.2 Å². The van der Waals surface area contributed by atoms with Crippen LogP contribution in [0, 0.1) is 0 Å². The van der Waals surface area contributed by atoms with Gasteiger partial charge in [0.15, 0.2) is 0 Å². The maximum Gasteiger partial charge on any atom is 0.323 e. The Morgan fingerprint density at radius 2 is 0.917 bits per heavy atom. The lowest BCUT2D eigenvalue weighted by Crippen LogP contribution is -2.31. The molecule has 0 aromatic heterocycles. The van der Waals surface area contributed by atoms with Crippen molar-refractivity contribution in [3.63, 3.8) is 0 Å². The van der Waals surface area contributed by atoms with E-state index in [9.17, 15) is 19.2 Å². The van der Waals surface area contributed by atoms with Crippen molar-refractivity contribution in [3.8, 4) is 0 Å². The molecule has 0 spiro atoms. The molecule has 0 radical (unpaired) electrons. The summed E-state index contributed by atoms with van der Waals surface area (Å²) in [6.45, 7) is -0.549. The molecule has 8 nitrogen and oxygen atoms in total. The Hall–Kier alpha value is -2.12. The van der Waals surface area contributed by atoms with E-state index in [4.69, 9.17) is 10.2 Å². The fourth-order valence-corrected chi connectivity index (χ4v) is 2.22. The number of amides is 2. The third-order valence-corrected chi connectivity index (χ3v) is 3.63. The fourth-order valence-electron chi connectivity index (χ4n) is 2.22. The zero-order chi connectivity index (χ0) is 18.5. The van der Waals surface area contributed by atoms with Gasteiger partial charge in [-0.3, -0.25) is 19.2 Å². The second-order valence-corrected chi connectivity index (χ2v) is 5.91. The molecule has 0 atom stereocenters. The number of carbonyl (C=O) groups excluding carboxylic acids is 2. The Balaban J connectivity index is 3.57. The van der Waals surface area contributed by atoms with E-state index in [1.165, 1.54) is 23.9 Å². The van der Waals surface area contributed by atoms with E-state index in [0.717, 1.165) is 38.5 Å². The molecule has 2 N–H and O–H groups in total. The molecule has 8 heteroatoms. The van der Waals surface area contributed by atoms with Gasteiger partial charge in [-0.05, 0) is 12.8 Å². The summed E-state index contributed by atoms with van der Waals surface area (Å²) >= 11 is 0. The van der Waals surface area contributed by atoms with E-state index in [-0.39, 0.29) is 24.9 Å². The van der Waals surface area contributed by atoms with Gasteiger partial charge in [0, 0.05) is 26.9 Å². The first kappa shape index (κ1) is 21.9. The number of likely N-dealkylation sites (N-methyl/N-ethyl adjacent to an activating group) is 2. The van der Waals surface area contributed by atoms with Gasteiger partial charge < -0.3 is 20.0 Å². The first-order chi connectivity index (χ1) is 11.2. The largest absolute Gasteiger partial charge is 0.480 e. The average molecular weight is 344 g/mol. The molecular formula is C16H28N2O6. The number of hydrogen-bond acceptors (Lipinski definition) is 4. The third-order valence-electron chi connectivity index (χ3n) is 3.63. The maximum atomic E-state index is 11.6. The van der Waals surface area contributed by atoms with Gasteiger partial charge in [0.2, 0.25) is 11.8 Å². The minimum atomic E-state index is -1.02. The van der Waals surface area contributed by atoms with Crippen LogP contribution in [0.4, 0.5) is 0 Å². The van der Waals surface area contributed by atoms with Crippen LogP contribution in [0.15, 0.2) is 0 Å². The summed E-state index contributed by atoms with van der Waals surface area (Å²) in [7, 11) is 2.96. The van der Waals surface area contributed by atoms with Gasteiger partial charge in [0.05, 0.1) is 0 Å². The van der Waals surface area contributed by atoms with Gasteiger partial charge in [0.25, 0.3) is 0 Å². The van der Waals surface area contributed by atoms with Crippen LogP contribution in [-0.2, 0) is 19.2 Å². The molecule has 0 rings (SSSR count). The molecule has 0 aromatic carbocycles. The molecule has 0 aliphatic carbocycles. The van der Waals surface area contributed by atoms with Crippen LogP contribution < -0.4 is 0 Å². The number of unbranched alkanes of at least 4 members (excludes halogenated alkanes) is 5. The number of rotatable bonds is 13. The smallest absolute Gasteiger partial charge is 0.323 e. The van der Waals surface area contributed by atoms with Crippen LogP contribution in [0.2, 0.25) is 0 Å².